The van der Waals surface area contributed by atoms with Gasteiger partial charge in [-0.3, -0.25) is 4.79 Å². The largest absolute Gasteiger partial charge is 0.346 e. The number of hydrogen-bond acceptors (Lipinski definition) is 1. The Kier molecular flexibility index (Phi) is 3.00. The van der Waals surface area contributed by atoms with Crippen LogP contribution < -0.4 is 0 Å². The van der Waals surface area contributed by atoms with E-state index in [2.05, 4.69) is 35.9 Å². The maximum atomic E-state index is 12.7. The Morgan fingerprint density at radius 1 is 1.00 bits per heavy atom. The Morgan fingerprint density at radius 2 is 1.73 bits per heavy atom. The first-order chi connectivity index (χ1) is 10.8. The Bertz CT molecular complexity index is 849. The fourth-order valence-electron chi connectivity index (χ4n) is 3.45. The first kappa shape index (κ1) is 13.1. The molecule has 0 unspecified atom stereocenters. The molecule has 22 heavy (non-hydrogen) atoms. The number of fused-ring (bicyclic) bond motifs is 3. The molecule has 3 nitrogen and oxygen atoms in total. The summed E-state index contributed by atoms with van der Waals surface area (Å²) in [5.74, 6) is 0.122. The molecule has 0 saturated carbocycles. The number of aryl methyl sites for hydroxylation is 1. The summed E-state index contributed by atoms with van der Waals surface area (Å²) in [6.07, 6.45) is 0.926. The lowest BCUT2D eigenvalue weighted by Gasteiger charge is -2.28. The number of carbonyl (C=O) groups is 1. The summed E-state index contributed by atoms with van der Waals surface area (Å²) in [6, 6.07) is 18.0. The second-order valence-corrected chi connectivity index (χ2v) is 5.84. The number of carbonyl (C=O) groups excluding carboxylic acids is 1. The highest BCUT2D eigenvalue weighted by Crippen LogP contribution is 2.30. The number of para-hydroxylation sites is 1. The molecule has 0 saturated heterocycles. The summed E-state index contributed by atoms with van der Waals surface area (Å²) >= 11 is 0. The van der Waals surface area contributed by atoms with Crippen LogP contribution in [-0.2, 0) is 20.0 Å². The minimum absolute atomic E-state index is 0.122. The van der Waals surface area contributed by atoms with Crippen LogP contribution in [0.5, 0.6) is 0 Å². The van der Waals surface area contributed by atoms with Gasteiger partial charge in [0.05, 0.1) is 6.54 Å². The highest BCUT2D eigenvalue weighted by Gasteiger charge is 2.25. The molecule has 110 valence electrons. The van der Waals surface area contributed by atoms with Crippen LogP contribution >= 0.6 is 0 Å². The summed E-state index contributed by atoms with van der Waals surface area (Å²) < 4.78 is 2.23. The molecule has 0 bridgehead atoms. The number of aromatic nitrogens is 1. The van der Waals surface area contributed by atoms with Crippen molar-refractivity contribution in [3.8, 4) is 0 Å². The SMILES string of the molecule is Cn1c2c(c3ccccc31)CCN(C(=O)c1ccccc1)C2. The van der Waals surface area contributed by atoms with E-state index in [1.165, 1.54) is 22.2 Å². The quantitative estimate of drug-likeness (QED) is 0.674. The zero-order valence-electron chi connectivity index (χ0n) is 12.6. The van der Waals surface area contributed by atoms with Crippen molar-refractivity contribution in [1.82, 2.24) is 9.47 Å². The van der Waals surface area contributed by atoms with E-state index in [1.807, 2.05) is 35.2 Å². The minimum Gasteiger partial charge on any atom is -0.346 e. The van der Waals surface area contributed by atoms with E-state index in [4.69, 9.17) is 0 Å². The van der Waals surface area contributed by atoms with Crippen LogP contribution in [0, 0.1) is 0 Å². The molecule has 3 aromatic rings. The highest BCUT2D eigenvalue weighted by atomic mass is 16.2. The Balaban J connectivity index is 1.71. The van der Waals surface area contributed by atoms with Crippen molar-refractivity contribution in [2.45, 2.75) is 13.0 Å². The molecule has 4 rings (SSSR count). The molecule has 0 aliphatic carbocycles. The molecule has 2 aromatic carbocycles. The summed E-state index contributed by atoms with van der Waals surface area (Å²) in [5.41, 5.74) is 4.68. The smallest absolute Gasteiger partial charge is 0.254 e. The van der Waals surface area contributed by atoms with E-state index in [-0.39, 0.29) is 5.91 Å². The zero-order valence-corrected chi connectivity index (χ0v) is 12.6. The number of rotatable bonds is 1. The summed E-state index contributed by atoms with van der Waals surface area (Å²) in [6.45, 7) is 1.48. The normalized spacial score (nSPS) is 14.1. The molecule has 1 aliphatic rings. The van der Waals surface area contributed by atoms with Crippen molar-refractivity contribution in [3.63, 3.8) is 0 Å². The van der Waals surface area contributed by atoms with Gasteiger partial charge in [-0.15, -0.1) is 0 Å². The van der Waals surface area contributed by atoms with Gasteiger partial charge < -0.3 is 9.47 Å². The summed E-state index contributed by atoms with van der Waals surface area (Å²) in [5, 5.41) is 1.33. The monoisotopic (exact) mass is 290 g/mol. The maximum Gasteiger partial charge on any atom is 0.254 e. The van der Waals surface area contributed by atoms with E-state index in [0.29, 0.717) is 6.54 Å². The second-order valence-electron chi connectivity index (χ2n) is 5.84. The lowest BCUT2D eigenvalue weighted by atomic mass is 10.0. The van der Waals surface area contributed by atoms with Gasteiger partial charge in [-0.2, -0.15) is 0 Å². The molecule has 1 aromatic heterocycles. The fraction of sp³-hybridized carbons (Fsp3) is 0.211. The van der Waals surface area contributed by atoms with E-state index in [1.54, 1.807) is 0 Å². The van der Waals surface area contributed by atoms with Crippen LogP contribution in [0.4, 0.5) is 0 Å². The number of nitrogens with zero attached hydrogens (tertiary/aromatic N) is 2. The molecule has 0 N–H and O–H groups in total. The van der Waals surface area contributed by atoms with Gasteiger partial charge in [0.15, 0.2) is 0 Å². The van der Waals surface area contributed by atoms with Gasteiger partial charge in [0.1, 0.15) is 0 Å². The molecule has 2 heterocycles. The number of hydrogen-bond donors (Lipinski definition) is 0. The predicted molar refractivity (Wildman–Crippen MR) is 87.8 cm³/mol. The van der Waals surface area contributed by atoms with Gasteiger partial charge in [0, 0.05) is 35.8 Å². The number of benzene rings is 2. The fourth-order valence-corrected chi connectivity index (χ4v) is 3.45. The van der Waals surface area contributed by atoms with E-state index in [9.17, 15) is 4.79 Å². The first-order valence-corrected chi connectivity index (χ1v) is 7.65. The molecule has 0 spiro atoms. The molecular weight excluding hydrogens is 272 g/mol. The Morgan fingerprint density at radius 3 is 2.55 bits per heavy atom. The molecule has 1 amide bonds. The van der Waals surface area contributed by atoms with Crippen molar-refractivity contribution in [1.29, 1.82) is 0 Å². The van der Waals surface area contributed by atoms with Crippen molar-refractivity contribution < 1.29 is 4.79 Å². The van der Waals surface area contributed by atoms with Crippen LogP contribution in [0.25, 0.3) is 10.9 Å². The molecule has 0 fully saturated rings. The number of amides is 1. The van der Waals surface area contributed by atoms with Crippen LogP contribution in [-0.4, -0.2) is 21.9 Å². The van der Waals surface area contributed by atoms with Gasteiger partial charge in [-0.25, -0.2) is 0 Å². The minimum atomic E-state index is 0.122. The molecule has 1 aliphatic heterocycles. The Labute approximate surface area is 129 Å². The van der Waals surface area contributed by atoms with Crippen molar-refractivity contribution in [2.24, 2.45) is 7.05 Å². The maximum absolute atomic E-state index is 12.7. The molecule has 0 atom stereocenters. The van der Waals surface area contributed by atoms with Crippen molar-refractivity contribution in [2.75, 3.05) is 6.54 Å². The third-order valence-electron chi connectivity index (χ3n) is 4.62. The zero-order chi connectivity index (χ0) is 15.1. The first-order valence-electron chi connectivity index (χ1n) is 7.65. The topological polar surface area (TPSA) is 25.2 Å². The van der Waals surface area contributed by atoms with Crippen molar-refractivity contribution in [3.05, 3.63) is 71.4 Å². The third-order valence-corrected chi connectivity index (χ3v) is 4.62. The summed E-state index contributed by atoms with van der Waals surface area (Å²) in [7, 11) is 2.09. The predicted octanol–water partition coefficient (Wildman–Crippen LogP) is 3.38. The van der Waals surface area contributed by atoms with Gasteiger partial charge in [0.25, 0.3) is 5.91 Å². The van der Waals surface area contributed by atoms with Gasteiger partial charge >= 0.3 is 0 Å². The lowest BCUT2D eigenvalue weighted by Crippen LogP contribution is -2.36. The van der Waals surface area contributed by atoms with Gasteiger partial charge in [-0.1, -0.05) is 36.4 Å². The molecule has 0 radical (unpaired) electrons. The highest BCUT2D eigenvalue weighted by molar-refractivity contribution is 5.94. The second kappa shape index (κ2) is 5.02. The average Bonchev–Trinajstić information content (AvgIpc) is 2.88. The Hall–Kier alpha value is -2.55. The average molecular weight is 290 g/mol. The molecular formula is C19H18N2O. The standard InChI is InChI=1S/C19H18N2O/c1-20-17-10-6-5-9-15(17)16-11-12-21(13-18(16)20)19(22)14-7-3-2-4-8-14/h2-10H,11-13H2,1H3. The van der Waals surface area contributed by atoms with Crippen LogP contribution in [0.1, 0.15) is 21.6 Å². The van der Waals surface area contributed by atoms with Crippen LogP contribution in [0.15, 0.2) is 54.6 Å². The van der Waals surface area contributed by atoms with Crippen LogP contribution in [0.2, 0.25) is 0 Å². The lowest BCUT2D eigenvalue weighted by molar-refractivity contribution is 0.0731. The summed E-state index contributed by atoms with van der Waals surface area (Å²) in [4.78, 5) is 14.6. The van der Waals surface area contributed by atoms with Crippen LogP contribution in [0.3, 0.4) is 0 Å². The van der Waals surface area contributed by atoms with Gasteiger partial charge in [0.2, 0.25) is 0 Å². The van der Waals surface area contributed by atoms with E-state index in [0.717, 1.165) is 18.5 Å². The van der Waals surface area contributed by atoms with E-state index < -0.39 is 0 Å². The third kappa shape index (κ3) is 1.93. The van der Waals surface area contributed by atoms with E-state index >= 15 is 0 Å². The molecule has 3 heteroatoms. The van der Waals surface area contributed by atoms with Gasteiger partial charge in [-0.05, 0) is 30.2 Å². The van der Waals surface area contributed by atoms with Crippen molar-refractivity contribution >= 4 is 16.8 Å².